The van der Waals surface area contributed by atoms with E-state index in [1.54, 1.807) is 12.3 Å². The summed E-state index contributed by atoms with van der Waals surface area (Å²) in [5.41, 5.74) is -0.163. The molecule has 25 heavy (non-hydrogen) atoms. The molecule has 1 fully saturated rings. The van der Waals surface area contributed by atoms with Gasteiger partial charge in [0.25, 0.3) is 5.56 Å². The number of halogens is 1. The Morgan fingerprint density at radius 1 is 1.36 bits per heavy atom. The third-order valence-electron chi connectivity index (χ3n) is 4.34. The van der Waals surface area contributed by atoms with Crippen LogP contribution in [0.15, 0.2) is 39.8 Å². The first-order chi connectivity index (χ1) is 11.7. The van der Waals surface area contributed by atoms with Crippen molar-refractivity contribution in [2.45, 2.75) is 12.6 Å². The molecule has 0 radical (unpaired) electrons. The molecule has 1 aromatic carbocycles. The summed E-state index contributed by atoms with van der Waals surface area (Å²) < 4.78 is 6.67. The number of hydrogen-bond donors (Lipinski definition) is 1. The molecule has 1 unspecified atom stereocenters. The summed E-state index contributed by atoms with van der Waals surface area (Å²) >= 11 is 0. The van der Waals surface area contributed by atoms with Gasteiger partial charge in [0, 0.05) is 25.0 Å². The van der Waals surface area contributed by atoms with E-state index in [4.69, 9.17) is 4.52 Å². The average Bonchev–Trinajstić information content (AvgIpc) is 3.06. The summed E-state index contributed by atoms with van der Waals surface area (Å²) in [6.07, 6.45) is 1.67. The van der Waals surface area contributed by atoms with Gasteiger partial charge in [-0.1, -0.05) is 23.4 Å². The Morgan fingerprint density at radius 2 is 2.20 bits per heavy atom. The molecular weight excluding hydrogens is 344 g/mol. The highest BCUT2D eigenvalue weighted by Crippen LogP contribution is 2.17. The monoisotopic (exact) mass is 362 g/mol. The Labute approximate surface area is 150 Å². The number of aromatic nitrogens is 4. The number of nitrogens with zero attached hydrogens (tertiary/aromatic N) is 5. The van der Waals surface area contributed by atoms with Gasteiger partial charge in [-0.05, 0) is 13.1 Å². The van der Waals surface area contributed by atoms with Crippen LogP contribution in [0.1, 0.15) is 17.8 Å². The second-order valence-corrected chi connectivity index (χ2v) is 5.94. The van der Waals surface area contributed by atoms with Crippen molar-refractivity contribution in [3.8, 4) is 0 Å². The number of rotatable bonds is 3. The van der Waals surface area contributed by atoms with E-state index >= 15 is 0 Å². The van der Waals surface area contributed by atoms with Gasteiger partial charge in [0.15, 0.2) is 5.82 Å². The Morgan fingerprint density at radius 3 is 3.04 bits per heavy atom. The molecule has 0 saturated carbocycles. The lowest BCUT2D eigenvalue weighted by molar-refractivity contribution is 0.190. The number of benzene rings is 1. The molecule has 132 valence electrons. The fraction of sp³-hybridized carbons (Fsp3) is 0.375. The number of hydrogen-bond acceptors (Lipinski definition) is 7. The molecule has 1 aliphatic heterocycles. The average molecular weight is 363 g/mol. The fourth-order valence-corrected chi connectivity index (χ4v) is 2.93. The van der Waals surface area contributed by atoms with Crippen LogP contribution in [-0.2, 0) is 6.54 Å². The summed E-state index contributed by atoms with van der Waals surface area (Å²) in [5, 5.41) is 13.0. The number of fused-ring (bicyclic) bond motifs is 1. The molecule has 2 aromatic heterocycles. The second kappa shape index (κ2) is 7.30. The van der Waals surface area contributed by atoms with Crippen molar-refractivity contribution < 1.29 is 4.52 Å². The van der Waals surface area contributed by atoms with Gasteiger partial charge >= 0.3 is 0 Å². The Balaban J connectivity index is 0.00000182. The van der Waals surface area contributed by atoms with Crippen LogP contribution in [0.2, 0.25) is 0 Å². The third-order valence-corrected chi connectivity index (χ3v) is 4.34. The Hall–Kier alpha value is -2.29. The van der Waals surface area contributed by atoms with Crippen molar-refractivity contribution in [1.29, 1.82) is 0 Å². The molecule has 3 aromatic rings. The van der Waals surface area contributed by atoms with E-state index in [1.165, 1.54) is 4.68 Å². The van der Waals surface area contributed by atoms with E-state index in [0.717, 1.165) is 25.0 Å². The van der Waals surface area contributed by atoms with Crippen molar-refractivity contribution in [1.82, 2.24) is 30.1 Å². The molecule has 0 bridgehead atoms. The highest BCUT2D eigenvalue weighted by Gasteiger charge is 2.25. The van der Waals surface area contributed by atoms with E-state index in [0.29, 0.717) is 17.1 Å². The van der Waals surface area contributed by atoms with Crippen LogP contribution < -0.4 is 10.9 Å². The molecule has 4 rings (SSSR count). The first-order valence-electron chi connectivity index (χ1n) is 7.90. The molecule has 3 heterocycles. The van der Waals surface area contributed by atoms with Crippen LogP contribution in [0.25, 0.3) is 10.8 Å². The second-order valence-electron chi connectivity index (χ2n) is 5.94. The van der Waals surface area contributed by atoms with Gasteiger partial charge in [-0.3, -0.25) is 9.69 Å². The predicted octanol–water partition coefficient (Wildman–Crippen LogP) is 0.826. The first kappa shape index (κ1) is 17.5. The zero-order valence-corrected chi connectivity index (χ0v) is 14.6. The summed E-state index contributed by atoms with van der Waals surface area (Å²) in [7, 11) is 2.04. The molecule has 0 amide bonds. The van der Waals surface area contributed by atoms with E-state index in [2.05, 4.69) is 25.5 Å². The molecule has 1 N–H and O–H groups in total. The summed E-state index contributed by atoms with van der Waals surface area (Å²) in [6, 6.07) is 7.46. The minimum Gasteiger partial charge on any atom is -0.337 e. The maximum absolute atomic E-state index is 12.5. The van der Waals surface area contributed by atoms with Gasteiger partial charge < -0.3 is 9.84 Å². The highest BCUT2D eigenvalue weighted by atomic mass is 35.5. The van der Waals surface area contributed by atoms with E-state index in [1.807, 2.05) is 25.2 Å². The molecule has 1 saturated heterocycles. The van der Waals surface area contributed by atoms with Gasteiger partial charge in [0.1, 0.15) is 6.54 Å². The van der Waals surface area contributed by atoms with Gasteiger partial charge in [-0.15, -0.1) is 12.4 Å². The van der Waals surface area contributed by atoms with E-state index < -0.39 is 0 Å². The van der Waals surface area contributed by atoms with Crippen LogP contribution in [0, 0.1) is 0 Å². The van der Waals surface area contributed by atoms with Crippen molar-refractivity contribution in [2.75, 3.05) is 26.7 Å². The van der Waals surface area contributed by atoms with Gasteiger partial charge in [-0.25, -0.2) is 4.68 Å². The lowest BCUT2D eigenvalue weighted by atomic mass is 10.2. The Kier molecular flexibility index (Phi) is 5.12. The topological polar surface area (TPSA) is 89.1 Å². The highest BCUT2D eigenvalue weighted by molar-refractivity contribution is 5.85. The molecular formula is C16H19ClN6O2. The SMILES string of the molecule is CN1CCNCC1c1noc(Cn2ncc3ccccc3c2=O)n1.Cl. The molecule has 0 aliphatic carbocycles. The van der Waals surface area contributed by atoms with Crippen molar-refractivity contribution in [3.63, 3.8) is 0 Å². The molecule has 0 spiro atoms. The minimum absolute atomic E-state index is 0. The normalized spacial score (nSPS) is 18.2. The smallest absolute Gasteiger partial charge is 0.275 e. The molecule has 1 aliphatic rings. The van der Waals surface area contributed by atoms with Crippen LogP contribution in [0.3, 0.4) is 0 Å². The zero-order valence-electron chi connectivity index (χ0n) is 13.8. The number of likely N-dealkylation sites (N-methyl/N-ethyl adjacent to an activating group) is 1. The molecule has 1 atom stereocenters. The fourth-order valence-electron chi connectivity index (χ4n) is 2.93. The summed E-state index contributed by atoms with van der Waals surface area (Å²) in [4.78, 5) is 19.1. The quantitative estimate of drug-likeness (QED) is 0.738. The standard InChI is InChI=1S/C16H18N6O2.ClH/c1-21-7-6-17-9-13(21)15-19-14(24-20-15)10-22-16(23)12-5-3-2-4-11(12)8-18-22;/h2-5,8,13,17H,6-7,9-10H2,1H3;1H. The lowest BCUT2D eigenvalue weighted by Crippen LogP contribution is -2.44. The van der Waals surface area contributed by atoms with Crippen LogP contribution in [-0.4, -0.2) is 51.5 Å². The first-order valence-corrected chi connectivity index (χ1v) is 7.90. The predicted molar refractivity (Wildman–Crippen MR) is 94.9 cm³/mol. The number of nitrogens with one attached hydrogen (secondary N) is 1. The zero-order chi connectivity index (χ0) is 16.5. The van der Waals surface area contributed by atoms with Gasteiger partial charge in [0.05, 0.1) is 17.6 Å². The summed E-state index contributed by atoms with van der Waals surface area (Å²) in [6.45, 7) is 2.83. The lowest BCUT2D eigenvalue weighted by Gasteiger charge is -2.30. The largest absolute Gasteiger partial charge is 0.337 e. The maximum Gasteiger partial charge on any atom is 0.275 e. The molecule has 9 heteroatoms. The number of piperazine rings is 1. The van der Waals surface area contributed by atoms with E-state index in [9.17, 15) is 4.79 Å². The van der Waals surface area contributed by atoms with Crippen molar-refractivity contribution in [2.24, 2.45) is 0 Å². The van der Waals surface area contributed by atoms with Gasteiger partial charge in [0.2, 0.25) is 5.89 Å². The van der Waals surface area contributed by atoms with Crippen LogP contribution in [0.4, 0.5) is 0 Å². The van der Waals surface area contributed by atoms with Crippen molar-refractivity contribution in [3.05, 3.63) is 52.5 Å². The third kappa shape index (κ3) is 3.41. The van der Waals surface area contributed by atoms with Crippen molar-refractivity contribution >= 4 is 23.2 Å². The van der Waals surface area contributed by atoms with Crippen LogP contribution in [0.5, 0.6) is 0 Å². The maximum atomic E-state index is 12.5. The summed E-state index contributed by atoms with van der Waals surface area (Å²) in [5.74, 6) is 1.02. The molecule has 8 nitrogen and oxygen atoms in total. The van der Waals surface area contributed by atoms with Crippen LogP contribution >= 0.6 is 12.4 Å². The minimum atomic E-state index is -0.163. The Bertz CT molecular complexity index is 924. The van der Waals surface area contributed by atoms with E-state index in [-0.39, 0.29) is 30.6 Å². The van der Waals surface area contributed by atoms with Gasteiger partial charge in [-0.2, -0.15) is 10.1 Å².